The lowest BCUT2D eigenvalue weighted by Crippen LogP contribution is -2.24. The van der Waals surface area contributed by atoms with Crippen molar-refractivity contribution in [1.82, 2.24) is 5.32 Å². The molecule has 4 nitrogen and oxygen atoms in total. The van der Waals surface area contributed by atoms with Gasteiger partial charge in [0.05, 0.1) is 33.0 Å². The van der Waals surface area contributed by atoms with E-state index < -0.39 is 0 Å². The highest BCUT2D eigenvalue weighted by atomic mass is 16.5. The predicted molar refractivity (Wildman–Crippen MR) is 72.4 cm³/mol. The largest absolute Gasteiger partial charge is 0.497 e. The van der Waals surface area contributed by atoms with Crippen LogP contribution in [0.2, 0.25) is 0 Å². The topological polar surface area (TPSA) is 39.7 Å². The van der Waals surface area contributed by atoms with Crippen LogP contribution in [0, 0.1) is 0 Å². The summed E-state index contributed by atoms with van der Waals surface area (Å²) in [6.07, 6.45) is 0.206. The van der Waals surface area contributed by atoms with Crippen LogP contribution in [0.25, 0.3) is 0 Å². The lowest BCUT2D eigenvalue weighted by atomic mass is 10.1. The quantitative estimate of drug-likeness (QED) is 0.810. The predicted octanol–water partition coefficient (Wildman–Crippen LogP) is 2.39. The Hall–Kier alpha value is -1.26. The first-order chi connectivity index (χ1) is 8.62. The average molecular weight is 253 g/mol. The normalized spacial score (nSPS) is 12.6. The molecule has 1 N–H and O–H groups in total. The third kappa shape index (κ3) is 3.89. The van der Waals surface area contributed by atoms with Gasteiger partial charge in [0.15, 0.2) is 0 Å². The molecule has 0 saturated heterocycles. The Bertz CT molecular complexity index is 366. The number of likely N-dealkylation sites (N-methyl/N-ethyl adjacent to an activating group) is 1. The molecule has 0 saturated carbocycles. The van der Waals surface area contributed by atoms with Gasteiger partial charge in [-0.3, -0.25) is 0 Å². The van der Waals surface area contributed by atoms with Crippen molar-refractivity contribution in [2.45, 2.75) is 26.0 Å². The van der Waals surface area contributed by atoms with Crippen LogP contribution >= 0.6 is 0 Å². The van der Waals surface area contributed by atoms with Gasteiger partial charge in [0, 0.05) is 5.56 Å². The highest BCUT2D eigenvalue weighted by molar-refractivity contribution is 5.42. The minimum Gasteiger partial charge on any atom is -0.497 e. The summed E-state index contributed by atoms with van der Waals surface area (Å²) in [5.41, 5.74) is 1.04. The molecule has 1 unspecified atom stereocenters. The number of rotatable bonds is 7. The number of hydrogen-bond donors (Lipinski definition) is 1. The van der Waals surface area contributed by atoms with Gasteiger partial charge in [-0.15, -0.1) is 0 Å². The van der Waals surface area contributed by atoms with E-state index >= 15 is 0 Å². The second kappa shape index (κ2) is 7.24. The van der Waals surface area contributed by atoms with Crippen molar-refractivity contribution in [3.63, 3.8) is 0 Å². The van der Waals surface area contributed by atoms with Crippen molar-refractivity contribution in [2.24, 2.45) is 0 Å². The van der Waals surface area contributed by atoms with Crippen LogP contribution in [-0.2, 0) is 4.74 Å². The maximum absolute atomic E-state index is 5.66. The zero-order valence-electron chi connectivity index (χ0n) is 11.8. The molecule has 0 spiro atoms. The number of benzene rings is 1. The summed E-state index contributed by atoms with van der Waals surface area (Å²) in [4.78, 5) is 0. The summed E-state index contributed by atoms with van der Waals surface area (Å²) >= 11 is 0. The fraction of sp³-hybridized carbons (Fsp3) is 0.571. The summed E-state index contributed by atoms with van der Waals surface area (Å²) in [6.45, 7) is 4.64. The lowest BCUT2D eigenvalue weighted by molar-refractivity contribution is 0.0621. The number of methoxy groups -OCH3 is 2. The number of ether oxygens (including phenoxy) is 3. The molecule has 1 aromatic carbocycles. The lowest BCUT2D eigenvalue weighted by Gasteiger charge is -2.21. The van der Waals surface area contributed by atoms with Crippen molar-refractivity contribution in [3.8, 4) is 11.5 Å². The summed E-state index contributed by atoms with van der Waals surface area (Å²) in [7, 11) is 5.24. The van der Waals surface area contributed by atoms with Crippen LogP contribution < -0.4 is 14.8 Å². The zero-order chi connectivity index (χ0) is 13.5. The van der Waals surface area contributed by atoms with Gasteiger partial charge in [0.25, 0.3) is 0 Å². The van der Waals surface area contributed by atoms with Gasteiger partial charge in [0.1, 0.15) is 11.5 Å². The van der Waals surface area contributed by atoms with Gasteiger partial charge < -0.3 is 19.5 Å². The number of hydrogen-bond acceptors (Lipinski definition) is 4. The van der Waals surface area contributed by atoms with Gasteiger partial charge in [0.2, 0.25) is 0 Å². The third-order valence-electron chi connectivity index (χ3n) is 2.76. The van der Waals surface area contributed by atoms with Crippen molar-refractivity contribution in [2.75, 3.05) is 27.9 Å². The molecule has 0 aliphatic heterocycles. The average Bonchev–Trinajstić information content (AvgIpc) is 2.38. The molecule has 0 amide bonds. The molecule has 0 radical (unpaired) electrons. The maximum Gasteiger partial charge on any atom is 0.123 e. The van der Waals surface area contributed by atoms with E-state index in [0.717, 1.165) is 17.1 Å². The Morgan fingerprint density at radius 1 is 1.17 bits per heavy atom. The van der Waals surface area contributed by atoms with E-state index in [1.54, 1.807) is 14.2 Å². The van der Waals surface area contributed by atoms with E-state index in [4.69, 9.17) is 14.2 Å². The molecule has 0 aliphatic rings. The van der Waals surface area contributed by atoms with Gasteiger partial charge in [-0.2, -0.15) is 0 Å². The van der Waals surface area contributed by atoms with Crippen molar-refractivity contribution in [1.29, 1.82) is 0 Å². The van der Waals surface area contributed by atoms with E-state index in [1.807, 2.05) is 39.1 Å². The van der Waals surface area contributed by atoms with Crippen LogP contribution in [0.1, 0.15) is 25.5 Å². The highest BCUT2D eigenvalue weighted by Gasteiger charge is 2.16. The standard InChI is InChI=1S/C14H23NO3/c1-10(2)18-9-13(15-3)12-8-11(16-4)6-7-14(12)17-5/h6-8,10,13,15H,9H2,1-5H3. The second-order valence-electron chi connectivity index (χ2n) is 4.33. The highest BCUT2D eigenvalue weighted by Crippen LogP contribution is 2.29. The maximum atomic E-state index is 5.66. The third-order valence-corrected chi connectivity index (χ3v) is 2.76. The van der Waals surface area contributed by atoms with E-state index in [9.17, 15) is 0 Å². The first kappa shape index (κ1) is 14.8. The Balaban J connectivity index is 2.94. The van der Waals surface area contributed by atoms with Crippen molar-refractivity contribution in [3.05, 3.63) is 23.8 Å². The fourth-order valence-corrected chi connectivity index (χ4v) is 1.73. The minimum absolute atomic E-state index is 0.0810. The summed E-state index contributed by atoms with van der Waals surface area (Å²) < 4.78 is 16.3. The summed E-state index contributed by atoms with van der Waals surface area (Å²) in [5.74, 6) is 1.65. The monoisotopic (exact) mass is 253 g/mol. The molecule has 0 fully saturated rings. The summed E-state index contributed by atoms with van der Waals surface area (Å²) in [6, 6.07) is 5.85. The molecular formula is C14H23NO3. The van der Waals surface area contributed by atoms with E-state index in [0.29, 0.717) is 6.61 Å². The molecule has 1 rings (SSSR count). The second-order valence-corrected chi connectivity index (χ2v) is 4.33. The Morgan fingerprint density at radius 2 is 1.89 bits per heavy atom. The smallest absolute Gasteiger partial charge is 0.123 e. The molecule has 0 aliphatic carbocycles. The van der Waals surface area contributed by atoms with E-state index in [-0.39, 0.29) is 12.1 Å². The molecular weight excluding hydrogens is 230 g/mol. The minimum atomic E-state index is 0.0810. The number of nitrogens with one attached hydrogen (secondary N) is 1. The van der Waals surface area contributed by atoms with Crippen LogP contribution in [0.3, 0.4) is 0 Å². The van der Waals surface area contributed by atoms with Gasteiger partial charge in [-0.25, -0.2) is 0 Å². The van der Waals surface area contributed by atoms with Crippen molar-refractivity contribution >= 4 is 0 Å². The molecule has 1 aromatic rings. The summed E-state index contributed by atoms with van der Waals surface area (Å²) in [5, 5.41) is 3.24. The van der Waals surface area contributed by atoms with Crippen LogP contribution in [0.15, 0.2) is 18.2 Å². The molecule has 0 heterocycles. The van der Waals surface area contributed by atoms with Crippen molar-refractivity contribution < 1.29 is 14.2 Å². The molecule has 18 heavy (non-hydrogen) atoms. The van der Waals surface area contributed by atoms with Gasteiger partial charge in [-0.05, 0) is 39.1 Å². The molecule has 102 valence electrons. The molecule has 1 atom stereocenters. The first-order valence-electron chi connectivity index (χ1n) is 6.13. The zero-order valence-corrected chi connectivity index (χ0v) is 11.8. The molecule has 0 bridgehead atoms. The van der Waals surface area contributed by atoms with Gasteiger partial charge >= 0.3 is 0 Å². The van der Waals surface area contributed by atoms with Crippen LogP contribution in [0.5, 0.6) is 11.5 Å². The molecule has 0 aromatic heterocycles. The first-order valence-corrected chi connectivity index (χ1v) is 6.13. The SMILES string of the molecule is CNC(COC(C)C)c1cc(OC)ccc1OC. The Kier molecular flexibility index (Phi) is 5.95. The van der Waals surface area contributed by atoms with E-state index in [1.165, 1.54) is 0 Å². The van der Waals surface area contributed by atoms with Gasteiger partial charge in [-0.1, -0.05) is 0 Å². The fourth-order valence-electron chi connectivity index (χ4n) is 1.73. The van der Waals surface area contributed by atoms with Crippen LogP contribution in [0.4, 0.5) is 0 Å². The Morgan fingerprint density at radius 3 is 2.39 bits per heavy atom. The Labute approximate surface area is 109 Å². The molecule has 4 heteroatoms. The van der Waals surface area contributed by atoms with E-state index in [2.05, 4.69) is 5.32 Å². The van der Waals surface area contributed by atoms with Crippen LogP contribution in [-0.4, -0.2) is 34.0 Å².